The Hall–Kier alpha value is -9.48. The van der Waals surface area contributed by atoms with E-state index in [1.165, 1.54) is 0 Å². The predicted octanol–water partition coefficient (Wildman–Crippen LogP) is 20.6. The van der Waals surface area contributed by atoms with Gasteiger partial charge < -0.3 is 28.4 Å². The number of rotatable bonds is 12. The smallest absolute Gasteiger partial charge is 0.344 e. The third-order valence-electron chi connectivity index (χ3n) is 13.5. The standard InChI is InChI=1S/C54H12F18O6/c55-43(56)49(67)73-13-1-19-20-3-14(74-50(68)44(57)58)4-23-24-6-16(76-52(70)46(61)62)8-27-29-11-18(78-54(72)48(65)66)12-30-28-10-17(77-53(71)47(63)64)9-26-25-7-15(75-51(69)45(59)60)5-22-21(2-13)31(19)37-38(32(20)23)40(34(24)27)42(36(29)30)41(35(26)28)39(37)33(22)25/h1-12H. The van der Waals surface area contributed by atoms with E-state index >= 15 is 0 Å². The number of ether oxygens (including phenoxy) is 6. The van der Waals surface area contributed by atoms with Gasteiger partial charge in [0.2, 0.25) is 0 Å². The number of fused-ring (bicyclic) bond motifs is 6. The molecule has 13 aromatic rings. The lowest BCUT2D eigenvalue weighted by molar-refractivity contribution is 0.241. The molecule has 0 heterocycles. The van der Waals surface area contributed by atoms with E-state index in [1.54, 1.807) is 0 Å². The maximum atomic E-state index is 15.0. The average Bonchev–Trinajstić information content (AvgIpc) is 1.53. The van der Waals surface area contributed by atoms with Gasteiger partial charge in [-0.2, -0.15) is 79.0 Å². The van der Waals surface area contributed by atoms with Gasteiger partial charge in [-0.1, -0.05) is 0 Å². The van der Waals surface area contributed by atoms with Crippen LogP contribution in [0.1, 0.15) is 0 Å². The maximum absolute atomic E-state index is 15.0. The first-order chi connectivity index (χ1) is 37.1. The molecule has 0 saturated heterocycles. The highest BCUT2D eigenvalue weighted by molar-refractivity contribution is 6.61. The Morgan fingerprint density at radius 1 is 0.167 bits per heavy atom. The molecule has 0 unspecified atom stereocenters. The van der Waals surface area contributed by atoms with Crippen LogP contribution in [0.4, 0.5) is 79.0 Å². The first-order valence-electron chi connectivity index (χ1n) is 21.8. The molecule has 0 bridgehead atoms. The SMILES string of the molecule is FC(F)=C(F)Oc1cc2c3cc(OC(F)=C(F)F)cc4c5cc(OC(F)=C(F)F)cc6c7cc(OC(F)=C(F)F)cc8c9cc(OC(F)=C(F)F)cc%10c%11cc(OC(F)=C(F)F)cc%12c(c1)c2c1c(c34)c(c56)c(c78)c(c%109)c1c%12%11. The molecule has 13 aromatic carbocycles. The van der Waals surface area contributed by atoms with E-state index in [2.05, 4.69) is 0 Å². The summed E-state index contributed by atoms with van der Waals surface area (Å²) in [5, 5.41) is -1.05. The molecule has 0 atom stereocenters. The fourth-order valence-corrected chi connectivity index (χ4v) is 11.3. The Morgan fingerprint density at radius 3 is 0.359 bits per heavy atom. The fraction of sp³-hybridized carbons (Fsp3) is 0. The normalized spacial score (nSPS) is 12.2. The van der Waals surface area contributed by atoms with Crippen LogP contribution in [0.25, 0.3) is 129 Å². The zero-order valence-corrected chi connectivity index (χ0v) is 37.2. The van der Waals surface area contributed by atoms with Crippen molar-refractivity contribution in [3.63, 3.8) is 0 Å². The molecular formula is C54H12F18O6. The lowest BCUT2D eigenvalue weighted by Crippen LogP contribution is -2.03. The minimum Gasteiger partial charge on any atom is -0.428 e. The summed E-state index contributed by atoms with van der Waals surface area (Å²) < 4.78 is 285. The van der Waals surface area contributed by atoms with Gasteiger partial charge in [0.1, 0.15) is 34.5 Å². The molecule has 0 fully saturated rings. The molecule has 0 radical (unpaired) electrons. The van der Waals surface area contributed by atoms with Crippen molar-refractivity contribution in [1.29, 1.82) is 0 Å². The summed E-state index contributed by atoms with van der Waals surface area (Å²) in [7, 11) is 0. The molecule has 13 rings (SSSR count). The van der Waals surface area contributed by atoms with Crippen LogP contribution in [0.15, 0.2) is 145 Å². The first-order valence-corrected chi connectivity index (χ1v) is 21.8. The van der Waals surface area contributed by atoms with Gasteiger partial charge in [0, 0.05) is 0 Å². The Labute approximate surface area is 415 Å². The van der Waals surface area contributed by atoms with Gasteiger partial charge >= 0.3 is 72.6 Å². The van der Waals surface area contributed by atoms with Crippen molar-refractivity contribution in [3.8, 4) is 34.5 Å². The van der Waals surface area contributed by atoms with Gasteiger partial charge in [0.25, 0.3) is 0 Å². The van der Waals surface area contributed by atoms with Crippen LogP contribution < -0.4 is 28.4 Å². The molecule has 0 aromatic heterocycles. The van der Waals surface area contributed by atoms with Crippen LogP contribution in [0.5, 0.6) is 34.5 Å². The predicted molar refractivity (Wildman–Crippen MR) is 249 cm³/mol. The van der Waals surface area contributed by atoms with E-state index in [9.17, 15) is 79.0 Å². The zero-order valence-electron chi connectivity index (χ0n) is 37.2. The molecular weight excluding hydrogens is 1090 g/mol. The van der Waals surface area contributed by atoms with Gasteiger partial charge in [-0.25, -0.2) is 0 Å². The molecule has 0 saturated carbocycles. The highest BCUT2D eigenvalue weighted by Gasteiger charge is 2.34. The monoisotopic (exact) mass is 1100 g/mol. The zero-order chi connectivity index (χ0) is 55.0. The first kappa shape index (κ1) is 48.2. The van der Waals surface area contributed by atoms with Crippen molar-refractivity contribution in [2.24, 2.45) is 0 Å². The Bertz CT molecular complexity index is 3980. The number of benzene rings is 13. The summed E-state index contributed by atoms with van der Waals surface area (Å²) in [4.78, 5) is 0. The Morgan fingerprint density at radius 2 is 0.269 bits per heavy atom. The highest BCUT2D eigenvalue weighted by Crippen LogP contribution is 2.62. The van der Waals surface area contributed by atoms with Crippen LogP contribution in [0.2, 0.25) is 0 Å². The summed E-state index contributed by atoms with van der Waals surface area (Å²) in [6.07, 6.45) is -17.9. The minimum atomic E-state index is -2.98. The van der Waals surface area contributed by atoms with Crippen LogP contribution in [-0.4, -0.2) is 0 Å². The summed E-state index contributed by atoms with van der Waals surface area (Å²) >= 11 is 0. The van der Waals surface area contributed by atoms with Crippen molar-refractivity contribution in [2.45, 2.75) is 0 Å². The van der Waals surface area contributed by atoms with E-state index in [-0.39, 0.29) is 129 Å². The van der Waals surface area contributed by atoms with E-state index in [0.717, 1.165) is 72.8 Å². The van der Waals surface area contributed by atoms with E-state index in [1.807, 2.05) is 0 Å². The van der Waals surface area contributed by atoms with Crippen molar-refractivity contribution >= 4 is 129 Å². The Balaban J connectivity index is 1.40. The third kappa shape index (κ3) is 6.70. The highest BCUT2D eigenvalue weighted by atomic mass is 19.3. The third-order valence-corrected chi connectivity index (χ3v) is 13.5. The van der Waals surface area contributed by atoms with Crippen molar-refractivity contribution in [1.82, 2.24) is 0 Å². The molecule has 6 nitrogen and oxygen atoms in total. The molecule has 390 valence electrons. The van der Waals surface area contributed by atoms with Crippen LogP contribution in [0, 0.1) is 0 Å². The van der Waals surface area contributed by atoms with E-state index in [4.69, 9.17) is 28.4 Å². The lowest BCUT2D eigenvalue weighted by Gasteiger charge is -2.30. The molecule has 78 heavy (non-hydrogen) atoms. The van der Waals surface area contributed by atoms with Crippen molar-refractivity contribution < 1.29 is 107 Å². The molecule has 0 amide bonds. The van der Waals surface area contributed by atoms with Crippen molar-refractivity contribution in [2.75, 3.05) is 0 Å². The van der Waals surface area contributed by atoms with Crippen LogP contribution >= 0.6 is 0 Å². The number of halogens is 18. The van der Waals surface area contributed by atoms with Gasteiger partial charge in [0.15, 0.2) is 0 Å². The fourth-order valence-electron chi connectivity index (χ4n) is 11.3. The lowest BCUT2D eigenvalue weighted by atomic mass is 9.73. The largest absolute Gasteiger partial charge is 0.428 e. The second-order valence-corrected chi connectivity index (χ2v) is 17.4. The van der Waals surface area contributed by atoms with Gasteiger partial charge in [-0.15, -0.1) is 0 Å². The second-order valence-electron chi connectivity index (χ2n) is 17.4. The van der Waals surface area contributed by atoms with E-state index < -0.39 is 107 Å². The molecule has 0 spiro atoms. The quantitative estimate of drug-likeness (QED) is 0.0526. The van der Waals surface area contributed by atoms with Crippen LogP contribution in [-0.2, 0) is 0 Å². The van der Waals surface area contributed by atoms with Crippen LogP contribution in [0.3, 0.4) is 0 Å². The van der Waals surface area contributed by atoms with Crippen molar-refractivity contribution in [3.05, 3.63) is 145 Å². The molecule has 0 aliphatic heterocycles. The summed E-state index contributed by atoms with van der Waals surface area (Å²) in [6, 6.07) is -2.90. The topological polar surface area (TPSA) is 55.4 Å². The number of hydrogen-bond acceptors (Lipinski definition) is 6. The molecule has 24 heteroatoms. The molecule has 0 aliphatic rings. The van der Waals surface area contributed by atoms with Gasteiger partial charge in [-0.3, -0.25) is 0 Å². The molecule has 0 aliphatic carbocycles. The molecule has 0 N–H and O–H groups in total. The minimum absolute atomic E-state index is 0.0186. The van der Waals surface area contributed by atoms with E-state index in [0.29, 0.717) is 0 Å². The van der Waals surface area contributed by atoms with Gasteiger partial charge in [-0.05, 0) is 202 Å². The summed E-state index contributed by atoms with van der Waals surface area (Å²) in [6.45, 7) is 0. The average molecular weight is 1100 g/mol. The Kier molecular flexibility index (Phi) is 10.2. The maximum Gasteiger partial charge on any atom is 0.344 e. The summed E-state index contributed by atoms with van der Waals surface area (Å²) in [5.74, 6) is -4.63. The van der Waals surface area contributed by atoms with Gasteiger partial charge in [0.05, 0.1) is 0 Å². The number of hydrogen-bond donors (Lipinski definition) is 0. The second kappa shape index (κ2) is 16.5. The summed E-state index contributed by atoms with van der Waals surface area (Å²) in [5.41, 5.74) is 0.